The first-order valence-corrected chi connectivity index (χ1v) is 4.62. The Balaban J connectivity index is 2.46. The number of aliphatic hydroxyl groups is 1. The van der Waals surface area contributed by atoms with Crippen LogP contribution < -0.4 is 0 Å². The molecule has 0 bridgehead atoms. The first kappa shape index (κ1) is 10.4. The predicted octanol–water partition coefficient (Wildman–Crippen LogP) is 1.06. The summed E-state index contributed by atoms with van der Waals surface area (Å²) in [4.78, 5) is 11.0. The number of aliphatic hydroxyl groups excluding tert-OH is 1. The van der Waals surface area contributed by atoms with E-state index in [1.165, 1.54) is 0 Å². The summed E-state index contributed by atoms with van der Waals surface area (Å²) < 4.78 is 5.39. The Labute approximate surface area is 78.4 Å². The van der Waals surface area contributed by atoms with Crippen molar-refractivity contribution in [2.45, 2.75) is 37.9 Å². The van der Waals surface area contributed by atoms with Gasteiger partial charge in [-0.25, -0.2) is 0 Å². The fraction of sp³-hybridized carbons (Fsp3) is 0.700. The maximum atomic E-state index is 11.0. The van der Waals surface area contributed by atoms with Crippen molar-refractivity contribution in [1.82, 2.24) is 0 Å². The van der Waals surface area contributed by atoms with Gasteiger partial charge in [-0.15, -0.1) is 0 Å². The topological polar surface area (TPSA) is 46.5 Å². The van der Waals surface area contributed by atoms with Gasteiger partial charge in [0.1, 0.15) is 6.10 Å². The smallest absolute Gasteiger partial charge is 0.183 e. The van der Waals surface area contributed by atoms with E-state index in [4.69, 9.17) is 4.74 Å². The molecule has 0 aliphatic carbocycles. The second-order valence-electron chi connectivity index (χ2n) is 3.46. The van der Waals surface area contributed by atoms with E-state index in [-0.39, 0.29) is 11.4 Å². The molecule has 1 aliphatic rings. The van der Waals surface area contributed by atoms with Crippen LogP contribution in [0, 0.1) is 0 Å². The predicted molar refractivity (Wildman–Crippen MR) is 49.4 cm³/mol. The normalized spacial score (nSPS) is 29.1. The highest BCUT2D eigenvalue weighted by Gasteiger charge is 2.39. The van der Waals surface area contributed by atoms with E-state index in [2.05, 4.69) is 6.58 Å². The number of carbonyl (C=O) groups is 1. The molecule has 0 radical (unpaired) electrons. The van der Waals surface area contributed by atoms with Crippen molar-refractivity contribution in [3.63, 3.8) is 0 Å². The third-order valence-corrected chi connectivity index (χ3v) is 2.71. The minimum absolute atomic E-state index is 0.252. The molecular formula is C10H16O3. The lowest BCUT2D eigenvalue weighted by Crippen LogP contribution is -2.46. The van der Waals surface area contributed by atoms with Gasteiger partial charge in [0.15, 0.2) is 5.78 Å². The first-order chi connectivity index (χ1) is 6.13. The third-order valence-electron chi connectivity index (χ3n) is 2.71. The van der Waals surface area contributed by atoms with E-state index in [1.807, 2.05) is 6.92 Å². The minimum atomic E-state index is -0.947. The third kappa shape index (κ3) is 2.17. The van der Waals surface area contributed by atoms with Crippen LogP contribution in [0.4, 0.5) is 0 Å². The largest absolute Gasteiger partial charge is 0.385 e. The van der Waals surface area contributed by atoms with E-state index in [1.54, 1.807) is 0 Å². The van der Waals surface area contributed by atoms with Crippen molar-refractivity contribution in [3.8, 4) is 0 Å². The molecule has 1 N–H and O–H groups in total. The molecular weight excluding hydrogens is 168 g/mol. The summed E-state index contributed by atoms with van der Waals surface area (Å²) in [5.41, 5.74) is -0.252. The van der Waals surface area contributed by atoms with Crippen LogP contribution in [0.2, 0.25) is 0 Å². The van der Waals surface area contributed by atoms with Crippen molar-refractivity contribution in [1.29, 1.82) is 0 Å². The molecule has 1 fully saturated rings. The molecule has 3 nitrogen and oxygen atoms in total. The molecule has 74 valence electrons. The Hall–Kier alpha value is -0.670. The van der Waals surface area contributed by atoms with Gasteiger partial charge in [0, 0.05) is 6.42 Å². The molecule has 0 spiro atoms. The molecule has 1 aliphatic heterocycles. The first-order valence-electron chi connectivity index (χ1n) is 4.62. The zero-order valence-electron chi connectivity index (χ0n) is 7.95. The molecule has 3 heteroatoms. The molecule has 1 rings (SSSR count). The Morgan fingerprint density at radius 2 is 2.46 bits per heavy atom. The summed E-state index contributed by atoms with van der Waals surface area (Å²) >= 11 is 0. The minimum Gasteiger partial charge on any atom is -0.385 e. The molecule has 1 heterocycles. The summed E-state index contributed by atoms with van der Waals surface area (Å²) in [6, 6.07) is 0. The molecule has 0 amide bonds. The highest BCUT2D eigenvalue weighted by molar-refractivity contribution is 5.92. The van der Waals surface area contributed by atoms with Gasteiger partial charge in [-0.3, -0.25) is 4.79 Å². The summed E-state index contributed by atoms with van der Waals surface area (Å²) in [7, 11) is 0. The molecule has 0 saturated carbocycles. The fourth-order valence-corrected chi connectivity index (χ4v) is 1.56. The van der Waals surface area contributed by atoms with Gasteiger partial charge in [0.2, 0.25) is 0 Å². The second-order valence-corrected chi connectivity index (χ2v) is 3.46. The average Bonchev–Trinajstić information content (AvgIpc) is 2.09. The molecule has 0 aromatic rings. The van der Waals surface area contributed by atoms with Gasteiger partial charge in [0.25, 0.3) is 0 Å². The number of ether oxygens (including phenoxy) is 1. The zero-order chi connectivity index (χ0) is 9.90. The lowest BCUT2D eigenvalue weighted by atomic mass is 9.85. The summed E-state index contributed by atoms with van der Waals surface area (Å²) in [5.74, 6) is -0.316. The Bertz CT molecular complexity index is 201. The van der Waals surface area contributed by atoms with E-state index in [0.717, 1.165) is 25.5 Å². The van der Waals surface area contributed by atoms with Gasteiger partial charge >= 0.3 is 0 Å². The Morgan fingerprint density at radius 3 is 2.77 bits per heavy atom. The van der Waals surface area contributed by atoms with Crippen LogP contribution in [-0.2, 0) is 9.53 Å². The summed E-state index contributed by atoms with van der Waals surface area (Å²) in [6.07, 6.45) is 2.39. The Kier molecular flexibility index (Phi) is 3.22. The number of rotatable bonds is 5. The average molecular weight is 184 g/mol. The van der Waals surface area contributed by atoms with E-state index in [9.17, 15) is 9.90 Å². The molecule has 0 aromatic carbocycles. The van der Waals surface area contributed by atoms with Crippen LogP contribution in [0.25, 0.3) is 0 Å². The van der Waals surface area contributed by atoms with Crippen LogP contribution in [0.15, 0.2) is 12.7 Å². The molecule has 2 unspecified atom stereocenters. The van der Waals surface area contributed by atoms with Crippen LogP contribution in [0.5, 0.6) is 0 Å². The van der Waals surface area contributed by atoms with Crippen molar-refractivity contribution in [2.24, 2.45) is 0 Å². The lowest BCUT2D eigenvalue weighted by Gasteiger charge is -2.42. The maximum absolute atomic E-state index is 11.0. The van der Waals surface area contributed by atoms with Gasteiger partial charge in [-0.1, -0.05) is 13.5 Å². The zero-order valence-corrected chi connectivity index (χ0v) is 7.95. The van der Waals surface area contributed by atoms with Gasteiger partial charge in [0.05, 0.1) is 12.2 Å². The number of hydrogen-bond acceptors (Lipinski definition) is 3. The second kappa shape index (κ2) is 4.03. The van der Waals surface area contributed by atoms with Crippen LogP contribution in [-0.4, -0.2) is 29.2 Å². The number of carbonyl (C=O) groups excluding carboxylic acids is 1. The van der Waals surface area contributed by atoms with Crippen LogP contribution in [0.1, 0.15) is 26.2 Å². The van der Waals surface area contributed by atoms with Crippen molar-refractivity contribution >= 4 is 5.78 Å². The Morgan fingerprint density at radius 1 is 1.85 bits per heavy atom. The van der Waals surface area contributed by atoms with Crippen LogP contribution in [0.3, 0.4) is 0 Å². The molecule has 1 saturated heterocycles. The quantitative estimate of drug-likeness (QED) is 0.650. The molecule has 0 aromatic heterocycles. The van der Waals surface area contributed by atoms with Gasteiger partial charge in [-0.05, 0) is 18.9 Å². The number of ketones is 1. The number of hydrogen-bond donors (Lipinski definition) is 1. The standard InChI is InChI=1S/C10H16O3/c1-3-8(11)9(12)7-10(4-2)5-6-13-10/h3,9,12H,1,4-7H2,2H3. The lowest BCUT2D eigenvalue weighted by molar-refractivity contribution is -0.169. The summed E-state index contributed by atoms with van der Waals surface area (Å²) in [5, 5.41) is 9.45. The fourth-order valence-electron chi connectivity index (χ4n) is 1.56. The van der Waals surface area contributed by atoms with Crippen LogP contribution >= 0.6 is 0 Å². The molecule has 2 atom stereocenters. The van der Waals surface area contributed by atoms with Gasteiger partial charge in [-0.2, -0.15) is 0 Å². The monoisotopic (exact) mass is 184 g/mol. The molecule has 13 heavy (non-hydrogen) atoms. The SMILES string of the molecule is C=CC(=O)C(O)CC1(CC)CCO1. The highest BCUT2D eigenvalue weighted by atomic mass is 16.5. The van der Waals surface area contributed by atoms with E-state index >= 15 is 0 Å². The van der Waals surface area contributed by atoms with Crippen molar-refractivity contribution < 1.29 is 14.6 Å². The summed E-state index contributed by atoms with van der Waals surface area (Å²) in [6.45, 7) is 6.07. The maximum Gasteiger partial charge on any atom is 0.183 e. The van der Waals surface area contributed by atoms with Gasteiger partial charge < -0.3 is 9.84 Å². The van der Waals surface area contributed by atoms with Crippen molar-refractivity contribution in [3.05, 3.63) is 12.7 Å². The van der Waals surface area contributed by atoms with Crippen molar-refractivity contribution in [2.75, 3.05) is 6.61 Å². The highest BCUT2D eigenvalue weighted by Crippen LogP contribution is 2.34. The van der Waals surface area contributed by atoms with E-state index < -0.39 is 6.10 Å². The van der Waals surface area contributed by atoms with E-state index in [0.29, 0.717) is 6.42 Å².